The first-order valence-electron chi connectivity index (χ1n) is 6.72. The van der Waals surface area contributed by atoms with Gasteiger partial charge in [0.15, 0.2) is 0 Å². The van der Waals surface area contributed by atoms with E-state index in [4.69, 9.17) is 9.72 Å². The summed E-state index contributed by atoms with van der Waals surface area (Å²) in [4.78, 5) is 6.21. The van der Waals surface area contributed by atoms with Crippen molar-refractivity contribution in [2.24, 2.45) is 0 Å². The molecule has 0 saturated carbocycles. The number of rotatable bonds is 3. The zero-order valence-electron chi connectivity index (χ0n) is 12.1. The number of aryl methyl sites for hydroxylation is 2. The van der Waals surface area contributed by atoms with Gasteiger partial charge in [-0.25, -0.2) is 4.98 Å². The van der Waals surface area contributed by atoms with Crippen LogP contribution in [0.1, 0.15) is 49.2 Å². The van der Waals surface area contributed by atoms with Crippen molar-refractivity contribution in [3.05, 3.63) is 15.6 Å². The second kappa shape index (κ2) is 4.91. The van der Waals surface area contributed by atoms with Crippen molar-refractivity contribution < 1.29 is 4.74 Å². The van der Waals surface area contributed by atoms with Crippen molar-refractivity contribution in [1.29, 1.82) is 0 Å². The molecule has 0 aromatic carbocycles. The molecular weight excluding hydrogens is 244 g/mol. The first kappa shape index (κ1) is 14.0. The molecule has 1 atom stereocenters. The molecule has 18 heavy (non-hydrogen) atoms. The Kier molecular flexibility index (Phi) is 3.81. The number of nitrogens with one attached hydrogen (secondary N) is 1. The minimum absolute atomic E-state index is 0.00933. The number of hydrogen-bond acceptors (Lipinski definition) is 4. The van der Waals surface area contributed by atoms with Gasteiger partial charge in [0.1, 0.15) is 5.01 Å². The average Bonchev–Trinajstić information content (AvgIpc) is 2.69. The third-order valence-corrected chi connectivity index (χ3v) is 5.08. The fourth-order valence-corrected chi connectivity index (χ4v) is 4.06. The number of hydrogen-bond donors (Lipinski definition) is 1. The summed E-state index contributed by atoms with van der Waals surface area (Å²) >= 11 is 1.84. The van der Waals surface area contributed by atoms with E-state index < -0.39 is 0 Å². The lowest BCUT2D eigenvalue weighted by Crippen LogP contribution is -2.51. The fraction of sp³-hybridized carbons (Fsp3) is 0.786. The first-order valence-corrected chi connectivity index (χ1v) is 7.54. The molecule has 1 aromatic rings. The fourth-order valence-electron chi connectivity index (χ4n) is 2.83. The van der Waals surface area contributed by atoms with Crippen molar-refractivity contribution in [3.63, 3.8) is 0 Å². The molecule has 102 valence electrons. The van der Waals surface area contributed by atoms with Crippen LogP contribution in [0.2, 0.25) is 0 Å². The number of aromatic nitrogens is 1. The molecule has 1 fully saturated rings. The van der Waals surface area contributed by atoms with Crippen molar-refractivity contribution in [2.45, 2.75) is 58.1 Å². The highest BCUT2D eigenvalue weighted by atomic mass is 32.1. The smallest absolute Gasteiger partial charge is 0.113 e. The van der Waals surface area contributed by atoms with E-state index in [-0.39, 0.29) is 11.1 Å². The minimum atomic E-state index is -0.0762. The summed E-state index contributed by atoms with van der Waals surface area (Å²) in [6.45, 7) is 9.48. The summed E-state index contributed by atoms with van der Waals surface area (Å²) < 4.78 is 5.84. The SMILES string of the molecule is CCc1nc(C2(NC)CCOC(C)(C)C2)sc1C. The quantitative estimate of drug-likeness (QED) is 0.915. The monoisotopic (exact) mass is 268 g/mol. The Bertz CT molecular complexity index is 427. The van der Waals surface area contributed by atoms with E-state index in [9.17, 15) is 0 Å². The Hall–Kier alpha value is -0.450. The van der Waals surface area contributed by atoms with Crippen LogP contribution in [0.15, 0.2) is 0 Å². The summed E-state index contributed by atoms with van der Waals surface area (Å²) in [5, 5.41) is 4.75. The standard InChI is InChI=1S/C14H24N2OS/c1-6-11-10(2)18-12(16-11)14(15-5)7-8-17-13(3,4)9-14/h15H,6-9H2,1-5H3. The highest BCUT2D eigenvalue weighted by Crippen LogP contribution is 2.41. The van der Waals surface area contributed by atoms with Crippen LogP contribution >= 0.6 is 11.3 Å². The van der Waals surface area contributed by atoms with Crippen LogP contribution in [0.3, 0.4) is 0 Å². The van der Waals surface area contributed by atoms with Gasteiger partial charge >= 0.3 is 0 Å². The lowest BCUT2D eigenvalue weighted by Gasteiger charge is -2.43. The van der Waals surface area contributed by atoms with Crippen LogP contribution in [-0.4, -0.2) is 24.2 Å². The summed E-state index contributed by atoms with van der Waals surface area (Å²) in [6.07, 6.45) is 3.00. The zero-order valence-corrected chi connectivity index (χ0v) is 12.9. The van der Waals surface area contributed by atoms with E-state index in [1.165, 1.54) is 15.6 Å². The molecule has 1 N–H and O–H groups in total. The summed E-state index contributed by atoms with van der Waals surface area (Å²) in [6, 6.07) is 0. The Morgan fingerprint density at radius 1 is 1.44 bits per heavy atom. The predicted octanol–water partition coefficient (Wildman–Crippen LogP) is 3.02. The molecule has 1 saturated heterocycles. The van der Waals surface area contributed by atoms with Gasteiger partial charge in [-0.1, -0.05) is 6.92 Å². The maximum Gasteiger partial charge on any atom is 0.113 e. The van der Waals surface area contributed by atoms with Crippen molar-refractivity contribution in [2.75, 3.05) is 13.7 Å². The Morgan fingerprint density at radius 2 is 2.17 bits per heavy atom. The number of thiazole rings is 1. The average molecular weight is 268 g/mol. The Morgan fingerprint density at radius 3 is 2.67 bits per heavy atom. The summed E-state index contributed by atoms with van der Waals surface area (Å²) in [5.74, 6) is 0. The van der Waals surface area contributed by atoms with E-state index in [0.29, 0.717) is 0 Å². The molecule has 0 spiro atoms. The highest BCUT2D eigenvalue weighted by Gasteiger charge is 2.43. The van der Waals surface area contributed by atoms with Crippen LogP contribution in [-0.2, 0) is 16.7 Å². The van der Waals surface area contributed by atoms with Gasteiger partial charge in [-0.15, -0.1) is 11.3 Å². The minimum Gasteiger partial charge on any atom is -0.375 e. The maximum absolute atomic E-state index is 5.84. The number of ether oxygens (including phenoxy) is 1. The normalized spacial score (nSPS) is 27.4. The molecule has 1 unspecified atom stereocenters. The molecule has 1 aliphatic rings. The maximum atomic E-state index is 5.84. The molecule has 3 nitrogen and oxygen atoms in total. The molecule has 0 amide bonds. The molecule has 1 aliphatic heterocycles. The molecule has 1 aromatic heterocycles. The van der Waals surface area contributed by atoms with Crippen molar-refractivity contribution in [3.8, 4) is 0 Å². The lowest BCUT2D eigenvalue weighted by molar-refractivity contribution is -0.0883. The van der Waals surface area contributed by atoms with Gasteiger partial charge in [0.05, 0.1) is 16.8 Å². The summed E-state index contributed by atoms with van der Waals surface area (Å²) in [7, 11) is 2.05. The highest BCUT2D eigenvalue weighted by molar-refractivity contribution is 7.11. The third-order valence-electron chi connectivity index (χ3n) is 3.86. The van der Waals surface area contributed by atoms with Gasteiger partial charge in [0.25, 0.3) is 0 Å². The van der Waals surface area contributed by atoms with Crippen LogP contribution < -0.4 is 5.32 Å². The molecule has 2 heterocycles. The summed E-state index contributed by atoms with van der Waals surface area (Å²) in [5.41, 5.74) is 1.16. The van der Waals surface area contributed by atoms with E-state index in [0.717, 1.165) is 25.9 Å². The van der Waals surface area contributed by atoms with E-state index >= 15 is 0 Å². The molecule has 4 heteroatoms. The van der Waals surface area contributed by atoms with E-state index in [2.05, 4.69) is 33.0 Å². The topological polar surface area (TPSA) is 34.2 Å². The van der Waals surface area contributed by atoms with Crippen LogP contribution in [0, 0.1) is 6.92 Å². The van der Waals surface area contributed by atoms with Crippen molar-refractivity contribution in [1.82, 2.24) is 10.3 Å². The largest absolute Gasteiger partial charge is 0.375 e. The van der Waals surface area contributed by atoms with Crippen LogP contribution in [0.4, 0.5) is 0 Å². The van der Waals surface area contributed by atoms with Gasteiger partial charge in [-0.3, -0.25) is 0 Å². The zero-order chi connectivity index (χ0) is 13.4. The van der Waals surface area contributed by atoms with Gasteiger partial charge in [0.2, 0.25) is 0 Å². The second-order valence-corrected chi connectivity index (χ2v) is 6.95. The third kappa shape index (κ3) is 2.46. The Labute approximate surface area is 114 Å². The van der Waals surface area contributed by atoms with Gasteiger partial charge < -0.3 is 10.1 Å². The molecule has 0 bridgehead atoms. The molecule has 2 rings (SSSR count). The Balaban J connectivity index is 2.36. The van der Waals surface area contributed by atoms with Gasteiger partial charge in [-0.05, 0) is 40.7 Å². The van der Waals surface area contributed by atoms with E-state index in [1.54, 1.807) is 0 Å². The second-order valence-electron chi connectivity index (χ2n) is 5.74. The lowest BCUT2D eigenvalue weighted by atomic mass is 9.82. The van der Waals surface area contributed by atoms with E-state index in [1.807, 2.05) is 18.4 Å². The molecule has 0 aliphatic carbocycles. The first-order chi connectivity index (χ1) is 8.42. The molecule has 0 radical (unpaired) electrons. The van der Waals surface area contributed by atoms with Crippen molar-refractivity contribution >= 4 is 11.3 Å². The number of nitrogens with zero attached hydrogens (tertiary/aromatic N) is 1. The predicted molar refractivity (Wildman–Crippen MR) is 76.2 cm³/mol. The van der Waals surface area contributed by atoms with Gasteiger partial charge in [-0.2, -0.15) is 0 Å². The molecular formula is C14H24N2OS. The van der Waals surface area contributed by atoms with Crippen LogP contribution in [0.5, 0.6) is 0 Å². The van der Waals surface area contributed by atoms with Crippen LogP contribution in [0.25, 0.3) is 0 Å². The van der Waals surface area contributed by atoms with Gasteiger partial charge in [0, 0.05) is 17.9 Å².